The Morgan fingerprint density at radius 1 is 1.43 bits per heavy atom. The second kappa shape index (κ2) is 6.09. The average molecular weight is 222 g/mol. The van der Waals surface area contributed by atoms with E-state index in [1.807, 2.05) is 0 Å². The molecule has 0 radical (unpaired) electrons. The Morgan fingerprint density at radius 2 is 1.93 bits per heavy atom. The van der Waals surface area contributed by atoms with Crippen molar-refractivity contribution in [3.05, 3.63) is 40.2 Å². The second-order valence-corrected chi connectivity index (χ2v) is 2.50. The van der Waals surface area contributed by atoms with E-state index >= 15 is 0 Å². The fourth-order valence-electron chi connectivity index (χ4n) is 0.590. The van der Waals surface area contributed by atoms with Crippen molar-refractivity contribution in [3.8, 4) is 0 Å². The molecule has 1 rings (SSSR count). The predicted octanol–water partition coefficient (Wildman–Crippen LogP) is 1.36. The molecule has 8 heteroatoms. The standard InChI is InChI=1S/C6H4FNO2.HO3P/c7-5-2-1-3-6(4-5)8(9)10;1-4(2)3/h1-4H;(H-,1,2,3)/p+1. The summed E-state index contributed by atoms with van der Waals surface area (Å²) < 4.78 is 20.9. The number of halogens is 1. The fourth-order valence-corrected chi connectivity index (χ4v) is 0.590. The maximum atomic E-state index is 12.2. The van der Waals surface area contributed by atoms with Crippen LogP contribution in [0.3, 0.4) is 0 Å². The zero-order chi connectivity index (χ0) is 11.1. The molecule has 0 aliphatic heterocycles. The van der Waals surface area contributed by atoms with Gasteiger partial charge < -0.3 is 0 Å². The maximum absolute atomic E-state index is 12.2. The number of nitro benzene ring substituents is 1. The summed E-state index contributed by atoms with van der Waals surface area (Å²) in [6.45, 7) is 0. The summed E-state index contributed by atoms with van der Waals surface area (Å²) in [5.41, 5.74) is -0.222. The van der Waals surface area contributed by atoms with Gasteiger partial charge in [0, 0.05) is 10.6 Å². The van der Waals surface area contributed by atoms with Crippen LogP contribution in [0.25, 0.3) is 0 Å². The topological polar surface area (TPSA) is 101 Å². The van der Waals surface area contributed by atoms with Crippen molar-refractivity contribution in [3.63, 3.8) is 0 Å². The van der Waals surface area contributed by atoms with Gasteiger partial charge in [0.05, 0.1) is 11.0 Å². The maximum Gasteiger partial charge on any atom is 0.692 e. The summed E-state index contributed by atoms with van der Waals surface area (Å²) in [4.78, 5) is 23.6. The Labute approximate surface area is 78.7 Å². The largest absolute Gasteiger partial charge is 0.692 e. The van der Waals surface area contributed by atoms with Crippen LogP contribution in [0.1, 0.15) is 0 Å². The Balaban J connectivity index is 0.000000364. The van der Waals surface area contributed by atoms with E-state index in [2.05, 4.69) is 0 Å². The van der Waals surface area contributed by atoms with Crippen molar-refractivity contribution in [1.29, 1.82) is 0 Å². The highest BCUT2D eigenvalue weighted by atomic mass is 31.1. The molecule has 76 valence electrons. The highest BCUT2D eigenvalue weighted by molar-refractivity contribution is 7.30. The van der Waals surface area contributed by atoms with Crippen LogP contribution < -0.4 is 0 Å². The fraction of sp³-hybridized carbons (Fsp3) is 0. The summed E-state index contributed by atoms with van der Waals surface area (Å²) >= 11 is 0. The van der Waals surface area contributed by atoms with E-state index in [1.165, 1.54) is 12.1 Å². The monoisotopic (exact) mass is 222 g/mol. The highest BCUT2D eigenvalue weighted by Gasteiger charge is 2.03. The molecule has 6 nitrogen and oxygen atoms in total. The van der Waals surface area contributed by atoms with Gasteiger partial charge in [-0.05, 0) is 6.07 Å². The van der Waals surface area contributed by atoms with E-state index in [9.17, 15) is 14.5 Å². The molecule has 0 saturated heterocycles. The normalized spacial score (nSPS) is 8.50. The third-order valence-electron chi connectivity index (χ3n) is 1.02. The molecule has 0 spiro atoms. The third-order valence-corrected chi connectivity index (χ3v) is 1.02. The lowest BCUT2D eigenvalue weighted by Crippen LogP contribution is -1.87. The second-order valence-electron chi connectivity index (χ2n) is 1.99. The summed E-state index contributed by atoms with van der Waals surface area (Å²) in [5, 5.41) is 9.99. The first-order valence-electron chi connectivity index (χ1n) is 3.18. The lowest BCUT2D eigenvalue weighted by atomic mass is 10.3. The van der Waals surface area contributed by atoms with Crippen LogP contribution in [0.2, 0.25) is 0 Å². The van der Waals surface area contributed by atoms with Gasteiger partial charge in [-0.2, -0.15) is 0 Å². The van der Waals surface area contributed by atoms with Gasteiger partial charge in [-0.1, -0.05) is 6.07 Å². The van der Waals surface area contributed by atoms with Crippen molar-refractivity contribution in [2.75, 3.05) is 0 Å². The Morgan fingerprint density at radius 3 is 2.21 bits per heavy atom. The molecule has 14 heavy (non-hydrogen) atoms. The Bertz CT molecular complexity index is 341. The quantitative estimate of drug-likeness (QED) is 0.424. The average Bonchev–Trinajstić information content (AvgIpc) is 2.03. The van der Waals surface area contributed by atoms with Gasteiger partial charge in [-0.3, -0.25) is 10.1 Å². The summed E-state index contributed by atoms with van der Waals surface area (Å²) in [6, 6.07) is 4.57. The van der Waals surface area contributed by atoms with E-state index in [4.69, 9.17) is 14.4 Å². The van der Waals surface area contributed by atoms with Crippen molar-refractivity contribution in [2.45, 2.75) is 0 Å². The van der Waals surface area contributed by atoms with Crippen molar-refractivity contribution < 1.29 is 23.7 Å². The zero-order valence-corrected chi connectivity index (χ0v) is 7.60. The number of nitro groups is 1. The predicted molar refractivity (Wildman–Crippen MR) is 45.1 cm³/mol. The van der Waals surface area contributed by atoms with Crippen LogP contribution in [-0.4, -0.2) is 14.7 Å². The minimum atomic E-state index is -2.87. The molecule has 0 atom stereocenters. The molecule has 1 aromatic rings. The Hall–Kier alpha value is -1.43. The molecule has 0 fully saturated rings. The van der Waals surface area contributed by atoms with E-state index in [0.717, 1.165) is 12.1 Å². The smallest absolute Gasteiger partial charge is 0.258 e. The third kappa shape index (κ3) is 6.13. The van der Waals surface area contributed by atoms with Crippen LogP contribution in [0.5, 0.6) is 0 Å². The van der Waals surface area contributed by atoms with Crippen molar-refractivity contribution in [1.82, 2.24) is 0 Å². The first-order valence-corrected chi connectivity index (χ1v) is 4.35. The van der Waals surface area contributed by atoms with Crippen LogP contribution >= 0.6 is 8.25 Å². The SMILES string of the molecule is O=[N+]([O-])c1cccc(F)c1.O=[P+](O)O. The molecular weight excluding hydrogens is 216 g/mol. The number of nitrogens with zero attached hydrogens (tertiary/aromatic N) is 1. The summed E-state index contributed by atoms with van der Waals surface area (Å²) in [7, 11) is -2.87. The lowest BCUT2D eigenvalue weighted by Gasteiger charge is -1.88. The van der Waals surface area contributed by atoms with Gasteiger partial charge >= 0.3 is 8.25 Å². The van der Waals surface area contributed by atoms with Crippen LogP contribution in [0, 0.1) is 15.9 Å². The molecule has 0 amide bonds. The molecule has 2 N–H and O–H groups in total. The molecule has 0 aromatic heterocycles. The molecule has 0 unspecified atom stereocenters. The van der Waals surface area contributed by atoms with E-state index < -0.39 is 19.0 Å². The minimum Gasteiger partial charge on any atom is -0.258 e. The molecular formula is C6H6FNO5P+. The molecule has 0 aliphatic carbocycles. The van der Waals surface area contributed by atoms with Gasteiger partial charge in [0.1, 0.15) is 5.82 Å². The molecule has 0 bridgehead atoms. The number of hydrogen-bond acceptors (Lipinski definition) is 3. The van der Waals surface area contributed by atoms with Crippen LogP contribution in [-0.2, 0) is 4.57 Å². The first-order chi connectivity index (χ1) is 6.43. The van der Waals surface area contributed by atoms with E-state index in [-0.39, 0.29) is 5.69 Å². The van der Waals surface area contributed by atoms with E-state index in [1.54, 1.807) is 0 Å². The van der Waals surface area contributed by atoms with Gasteiger partial charge in [0.15, 0.2) is 0 Å². The van der Waals surface area contributed by atoms with Gasteiger partial charge in [0.25, 0.3) is 5.69 Å². The molecule has 0 aliphatic rings. The number of hydrogen-bond donors (Lipinski definition) is 2. The van der Waals surface area contributed by atoms with Gasteiger partial charge in [-0.15, -0.1) is 9.79 Å². The van der Waals surface area contributed by atoms with Gasteiger partial charge in [0.2, 0.25) is 0 Å². The number of rotatable bonds is 1. The molecule has 0 heterocycles. The van der Waals surface area contributed by atoms with Crippen molar-refractivity contribution >= 4 is 13.9 Å². The number of benzene rings is 1. The first kappa shape index (κ1) is 12.6. The van der Waals surface area contributed by atoms with E-state index in [0.29, 0.717) is 0 Å². The summed E-state index contributed by atoms with van der Waals surface area (Å²) in [6.07, 6.45) is 0. The van der Waals surface area contributed by atoms with Crippen LogP contribution in [0.15, 0.2) is 24.3 Å². The van der Waals surface area contributed by atoms with Crippen molar-refractivity contribution in [2.24, 2.45) is 0 Å². The Kier molecular flexibility index (Phi) is 5.47. The minimum absolute atomic E-state index is 0.222. The highest BCUT2D eigenvalue weighted by Crippen LogP contribution is 2.10. The van der Waals surface area contributed by atoms with Gasteiger partial charge in [-0.25, -0.2) is 4.39 Å². The zero-order valence-electron chi connectivity index (χ0n) is 6.70. The number of non-ortho nitro benzene ring substituents is 1. The lowest BCUT2D eigenvalue weighted by molar-refractivity contribution is -0.385. The molecule has 1 aromatic carbocycles. The summed E-state index contributed by atoms with van der Waals surface area (Å²) in [5.74, 6) is -0.589. The molecule has 0 saturated carbocycles. The van der Waals surface area contributed by atoms with Crippen LogP contribution in [0.4, 0.5) is 10.1 Å².